The molecule has 1 amide bonds. The maximum atomic E-state index is 11.7. The van der Waals surface area contributed by atoms with Gasteiger partial charge in [-0.1, -0.05) is 0 Å². The molecule has 20 heavy (non-hydrogen) atoms. The first-order valence-electron chi connectivity index (χ1n) is 7.80. The van der Waals surface area contributed by atoms with E-state index in [1.807, 2.05) is 13.8 Å². The lowest BCUT2D eigenvalue weighted by atomic mass is 9.93. The number of hydrogen-bond donors (Lipinski definition) is 2. The van der Waals surface area contributed by atoms with Gasteiger partial charge in [-0.15, -0.1) is 0 Å². The Morgan fingerprint density at radius 2 is 2.20 bits per heavy atom. The molecule has 2 fully saturated rings. The zero-order valence-corrected chi connectivity index (χ0v) is 12.7. The second-order valence-corrected chi connectivity index (χ2v) is 6.45. The molecule has 0 bridgehead atoms. The number of rotatable bonds is 8. The standard InChI is InChI=1S/C15H28N2O3/c1-11(20-10-13-5-3-4-8-19-13)9-15(2,14(16)18)17-12-6-7-12/h11-13,17H,3-10H2,1-2H3,(H2,16,18). The van der Waals surface area contributed by atoms with E-state index in [1.165, 1.54) is 6.42 Å². The fourth-order valence-corrected chi connectivity index (χ4v) is 2.75. The Hall–Kier alpha value is -0.650. The summed E-state index contributed by atoms with van der Waals surface area (Å²) in [5.74, 6) is -0.297. The summed E-state index contributed by atoms with van der Waals surface area (Å²) in [5, 5.41) is 3.35. The minimum absolute atomic E-state index is 0.00993. The van der Waals surface area contributed by atoms with E-state index >= 15 is 0 Å². The zero-order valence-electron chi connectivity index (χ0n) is 12.7. The molecule has 2 rings (SSSR count). The van der Waals surface area contributed by atoms with Crippen LogP contribution in [0.3, 0.4) is 0 Å². The molecule has 2 aliphatic rings. The number of hydrogen-bond acceptors (Lipinski definition) is 4. The van der Waals surface area contributed by atoms with Crippen LogP contribution in [0, 0.1) is 0 Å². The highest BCUT2D eigenvalue weighted by molar-refractivity contribution is 5.84. The fourth-order valence-electron chi connectivity index (χ4n) is 2.75. The van der Waals surface area contributed by atoms with Crippen LogP contribution in [0.15, 0.2) is 0 Å². The van der Waals surface area contributed by atoms with Crippen LogP contribution in [-0.2, 0) is 14.3 Å². The van der Waals surface area contributed by atoms with Crippen LogP contribution in [-0.4, -0.2) is 42.9 Å². The summed E-state index contributed by atoms with van der Waals surface area (Å²) in [6, 6.07) is 0.446. The van der Waals surface area contributed by atoms with Gasteiger partial charge in [0.2, 0.25) is 5.91 Å². The maximum Gasteiger partial charge on any atom is 0.237 e. The van der Waals surface area contributed by atoms with Crippen LogP contribution in [0.25, 0.3) is 0 Å². The second kappa shape index (κ2) is 6.87. The molecule has 1 aliphatic heterocycles. The van der Waals surface area contributed by atoms with Gasteiger partial charge in [-0.2, -0.15) is 0 Å². The number of carbonyl (C=O) groups excluding carboxylic acids is 1. The third-order valence-electron chi connectivity index (χ3n) is 4.18. The van der Waals surface area contributed by atoms with Gasteiger partial charge in [-0.05, 0) is 46.0 Å². The quantitative estimate of drug-likeness (QED) is 0.705. The van der Waals surface area contributed by atoms with Crippen molar-refractivity contribution >= 4 is 5.91 Å². The molecule has 1 saturated carbocycles. The van der Waals surface area contributed by atoms with Gasteiger partial charge >= 0.3 is 0 Å². The van der Waals surface area contributed by atoms with E-state index in [2.05, 4.69) is 5.32 Å². The molecule has 0 spiro atoms. The summed E-state index contributed by atoms with van der Waals surface area (Å²) < 4.78 is 11.5. The first-order chi connectivity index (χ1) is 9.49. The van der Waals surface area contributed by atoms with E-state index in [4.69, 9.17) is 15.2 Å². The molecule has 1 aliphatic carbocycles. The molecule has 1 heterocycles. The third kappa shape index (κ3) is 4.72. The van der Waals surface area contributed by atoms with Crippen molar-refractivity contribution in [2.75, 3.05) is 13.2 Å². The van der Waals surface area contributed by atoms with Crippen molar-refractivity contribution in [3.63, 3.8) is 0 Å². The van der Waals surface area contributed by atoms with E-state index in [0.717, 1.165) is 32.3 Å². The van der Waals surface area contributed by atoms with Crippen LogP contribution in [0.4, 0.5) is 0 Å². The van der Waals surface area contributed by atoms with Crippen molar-refractivity contribution < 1.29 is 14.3 Å². The van der Waals surface area contributed by atoms with Crippen LogP contribution in [0.5, 0.6) is 0 Å². The van der Waals surface area contributed by atoms with Gasteiger partial charge in [0, 0.05) is 19.1 Å². The number of carbonyl (C=O) groups is 1. The van der Waals surface area contributed by atoms with Crippen molar-refractivity contribution in [1.82, 2.24) is 5.32 Å². The SMILES string of the molecule is CC(CC(C)(NC1CC1)C(N)=O)OCC1CCCCO1. The number of ether oxygens (including phenoxy) is 2. The number of nitrogens with one attached hydrogen (secondary N) is 1. The Morgan fingerprint density at radius 1 is 1.45 bits per heavy atom. The van der Waals surface area contributed by atoms with Crippen molar-refractivity contribution in [1.29, 1.82) is 0 Å². The summed E-state index contributed by atoms with van der Waals surface area (Å²) in [6.45, 7) is 5.33. The predicted molar refractivity (Wildman–Crippen MR) is 77.4 cm³/mol. The lowest BCUT2D eigenvalue weighted by molar-refractivity contribution is -0.126. The van der Waals surface area contributed by atoms with Crippen LogP contribution >= 0.6 is 0 Å². The van der Waals surface area contributed by atoms with Gasteiger partial charge in [0.1, 0.15) is 0 Å². The van der Waals surface area contributed by atoms with Crippen LogP contribution in [0.1, 0.15) is 52.4 Å². The molecular formula is C15H28N2O3. The van der Waals surface area contributed by atoms with Gasteiger partial charge in [0.05, 0.1) is 24.4 Å². The normalized spacial score (nSPS) is 27.8. The average molecular weight is 284 g/mol. The smallest absolute Gasteiger partial charge is 0.237 e. The third-order valence-corrected chi connectivity index (χ3v) is 4.18. The van der Waals surface area contributed by atoms with Crippen molar-refractivity contribution in [2.45, 2.75) is 76.2 Å². The zero-order chi connectivity index (χ0) is 14.6. The van der Waals surface area contributed by atoms with Crippen molar-refractivity contribution in [3.05, 3.63) is 0 Å². The Kier molecular flexibility index (Phi) is 5.41. The topological polar surface area (TPSA) is 73.6 Å². The maximum absolute atomic E-state index is 11.7. The van der Waals surface area contributed by atoms with Gasteiger partial charge in [0.25, 0.3) is 0 Å². The molecule has 0 aromatic carbocycles. The van der Waals surface area contributed by atoms with Gasteiger partial charge in [-0.3, -0.25) is 4.79 Å². The summed E-state index contributed by atoms with van der Waals surface area (Å²) in [7, 11) is 0. The summed E-state index contributed by atoms with van der Waals surface area (Å²) in [6.07, 6.45) is 6.50. The molecule has 3 unspecified atom stereocenters. The molecule has 1 saturated heterocycles. The lowest BCUT2D eigenvalue weighted by Gasteiger charge is -2.31. The summed E-state index contributed by atoms with van der Waals surface area (Å²) in [4.78, 5) is 11.7. The Balaban J connectivity index is 1.75. The molecule has 0 aromatic rings. The lowest BCUT2D eigenvalue weighted by Crippen LogP contribution is -2.55. The number of nitrogens with two attached hydrogens (primary N) is 1. The van der Waals surface area contributed by atoms with Crippen LogP contribution in [0.2, 0.25) is 0 Å². The molecule has 116 valence electrons. The monoisotopic (exact) mass is 284 g/mol. The molecule has 5 nitrogen and oxygen atoms in total. The van der Waals surface area contributed by atoms with Crippen molar-refractivity contribution in [2.24, 2.45) is 5.73 Å². The second-order valence-electron chi connectivity index (χ2n) is 6.45. The highest BCUT2D eigenvalue weighted by Gasteiger charge is 2.38. The molecule has 3 atom stereocenters. The molecule has 5 heteroatoms. The summed E-state index contributed by atoms with van der Waals surface area (Å²) in [5.41, 5.74) is 4.88. The first-order valence-corrected chi connectivity index (χ1v) is 7.80. The highest BCUT2D eigenvalue weighted by atomic mass is 16.5. The minimum Gasteiger partial charge on any atom is -0.376 e. The fraction of sp³-hybridized carbons (Fsp3) is 0.933. The largest absolute Gasteiger partial charge is 0.376 e. The Morgan fingerprint density at radius 3 is 2.75 bits per heavy atom. The van der Waals surface area contributed by atoms with Gasteiger partial charge < -0.3 is 20.5 Å². The Bertz CT molecular complexity index is 327. The van der Waals surface area contributed by atoms with Crippen molar-refractivity contribution in [3.8, 4) is 0 Å². The van der Waals surface area contributed by atoms with E-state index in [9.17, 15) is 4.79 Å². The average Bonchev–Trinajstić information content (AvgIpc) is 3.21. The van der Waals surface area contributed by atoms with E-state index in [1.54, 1.807) is 0 Å². The summed E-state index contributed by atoms with van der Waals surface area (Å²) >= 11 is 0. The molecule has 0 radical (unpaired) electrons. The highest BCUT2D eigenvalue weighted by Crippen LogP contribution is 2.25. The van der Waals surface area contributed by atoms with Crippen LogP contribution < -0.4 is 11.1 Å². The number of primary amides is 1. The van der Waals surface area contributed by atoms with Gasteiger partial charge in [-0.25, -0.2) is 0 Å². The molecular weight excluding hydrogens is 256 g/mol. The molecule has 3 N–H and O–H groups in total. The number of amides is 1. The predicted octanol–water partition coefficient (Wildman–Crippen LogP) is 1.35. The van der Waals surface area contributed by atoms with Gasteiger partial charge in [0.15, 0.2) is 0 Å². The van der Waals surface area contributed by atoms with E-state index in [-0.39, 0.29) is 18.1 Å². The molecule has 0 aromatic heterocycles. The van der Waals surface area contributed by atoms with E-state index in [0.29, 0.717) is 19.1 Å². The minimum atomic E-state index is -0.673. The Labute approximate surface area is 121 Å². The van der Waals surface area contributed by atoms with E-state index < -0.39 is 5.54 Å². The first kappa shape index (κ1) is 15.7.